The van der Waals surface area contributed by atoms with Crippen molar-refractivity contribution in [3.63, 3.8) is 0 Å². The lowest BCUT2D eigenvalue weighted by atomic mass is 10.2. The Hall–Kier alpha value is -2.65. The molecule has 1 aromatic carbocycles. The Labute approximate surface area is 156 Å². The molecule has 2 aromatic rings. The molecule has 2 N–H and O–H groups in total. The summed E-state index contributed by atoms with van der Waals surface area (Å²) in [5.74, 6) is 0.499. The van der Waals surface area contributed by atoms with Crippen molar-refractivity contribution >= 4 is 35.0 Å². The van der Waals surface area contributed by atoms with E-state index in [1.165, 1.54) is 18.7 Å². The van der Waals surface area contributed by atoms with E-state index >= 15 is 0 Å². The van der Waals surface area contributed by atoms with Gasteiger partial charge in [0, 0.05) is 32.0 Å². The fraction of sp³-hybridized carbons (Fsp3) is 0.294. The number of anilines is 2. The van der Waals surface area contributed by atoms with Crippen LogP contribution in [-0.4, -0.2) is 39.4 Å². The molecule has 1 aromatic heterocycles. The van der Waals surface area contributed by atoms with E-state index < -0.39 is 0 Å². The van der Waals surface area contributed by atoms with Gasteiger partial charge in [-0.15, -0.1) is 16.8 Å². The van der Waals surface area contributed by atoms with Gasteiger partial charge >= 0.3 is 0 Å². The molecular formula is C17H21N5O3S. The highest BCUT2D eigenvalue weighted by atomic mass is 32.2. The Morgan fingerprint density at radius 1 is 1.31 bits per heavy atom. The summed E-state index contributed by atoms with van der Waals surface area (Å²) >= 11 is 1.28. The van der Waals surface area contributed by atoms with E-state index in [1.807, 2.05) is 4.57 Å². The molecule has 2 amide bonds. The molecule has 2 rings (SSSR count). The lowest BCUT2D eigenvalue weighted by Crippen LogP contribution is -2.15. The molecule has 0 saturated heterocycles. The van der Waals surface area contributed by atoms with Crippen LogP contribution in [0.4, 0.5) is 11.4 Å². The van der Waals surface area contributed by atoms with Crippen LogP contribution >= 0.6 is 11.8 Å². The number of nitrogens with zero attached hydrogens (tertiary/aromatic N) is 3. The highest BCUT2D eigenvalue weighted by molar-refractivity contribution is 7.99. The lowest BCUT2D eigenvalue weighted by Gasteiger charge is -2.09. The minimum atomic E-state index is -0.184. The number of allylic oxidation sites excluding steroid dienone is 1. The smallest absolute Gasteiger partial charge is 0.234 e. The molecule has 0 saturated carbocycles. The summed E-state index contributed by atoms with van der Waals surface area (Å²) in [6, 6.07) is 6.96. The number of thioether (sulfide) groups is 1. The number of carbonyl (C=O) groups is 2. The Kier molecular flexibility index (Phi) is 7.37. The van der Waals surface area contributed by atoms with E-state index in [9.17, 15) is 9.59 Å². The summed E-state index contributed by atoms with van der Waals surface area (Å²) in [5, 5.41) is 14.3. The molecule has 0 radical (unpaired) electrons. The third-order valence-corrected chi connectivity index (χ3v) is 4.14. The van der Waals surface area contributed by atoms with Crippen LogP contribution in [0.5, 0.6) is 0 Å². The van der Waals surface area contributed by atoms with E-state index in [4.69, 9.17) is 4.74 Å². The summed E-state index contributed by atoms with van der Waals surface area (Å²) in [7, 11) is 1.59. The second-order valence-electron chi connectivity index (χ2n) is 5.33. The van der Waals surface area contributed by atoms with E-state index in [-0.39, 0.29) is 17.6 Å². The van der Waals surface area contributed by atoms with Gasteiger partial charge in [0.1, 0.15) is 6.61 Å². The standard InChI is InChI=1S/C17H21N5O3S/c1-4-8-22-15(10-25-3)20-21-17(22)26-11-16(24)19-14-7-5-6-13(9-14)18-12(2)23/h4-7,9H,1,8,10-11H2,2-3H3,(H,18,23)(H,19,24). The minimum absolute atomic E-state index is 0.169. The molecule has 0 aliphatic carbocycles. The quantitative estimate of drug-likeness (QED) is 0.515. The second-order valence-corrected chi connectivity index (χ2v) is 6.27. The average Bonchev–Trinajstić information content (AvgIpc) is 2.95. The molecule has 0 bridgehead atoms. The number of ether oxygens (including phenoxy) is 1. The van der Waals surface area contributed by atoms with Crippen LogP contribution in [0.2, 0.25) is 0 Å². The minimum Gasteiger partial charge on any atom is -0.377 e. The summed E-state index contributed by atoms with van der Waals surface area (Å²) < 4.78 is 6.95. The van der Waals surface area contributed by atoms with Gasteiger partial charge < -0.3 is 19.9 Å². The number of amides is 2. The van der Waals surface area contributed by atoms with Gasteiger partial charge in [-0.25, -0.2) is 0 Å². The maximum Gasteiger partial charge on any atom is 0.234 e. The van der Waals surface area contributed by atoms with Crippen molar-refractivity contribution in [1.29, 1.82) is 0 Å². The Bertz CT molecular complexity index is 790. The zero-order valence-corrected chi connectivity index (χ0v) is 15.5. The number of aromatic nitrogens is 3. The van der Waals surface area contributed by atoms with E-state index in [2.05, 4.69) is 27.4 Å². The number of benzene rings is 1. The Morgan fingerprint density at radius 2 is 2.04 bits per heavy atom. The normalized spacial score (nSPS) is 10.4. The van der Waals surface area contributed by atoms with Gasteiger partial charge in [-0.3, -0.25) is 9.59 Å². The van der Waals surface area contributed by atoms with E-state index in [1.54, 1.807) is 37.5 Å². The number of rotatable bonds is 9. The molecular weight excluding hydrogens is 354 g/mol. The largest absolute Gasteiger partial charge is 0.377 e. The molecule has 0 unspecified atom stereocenters. The van der Waals surface area contributed by atoms with Crippen LogP contribution in [0, 0.1) is 0 Å². The number of nitrogens with one attached hydrogen (secondary N) is 2. The van der Waals surface area contributed by atoms with Gasteiger partial charge in [0.25, 0.3) is 0 Å². The van der Waals surface area contributed by atoms with E-state index in [0.717, 1.165) is 0 Å². The van der Waals surface area contributed by atoms with Crippen LogP contribution in [0.1, 0.15) is 12.7 Å². The summed E-state index contributed by atoms with van der Waals surface area (Å²) in [5.41, 5.74) is 1.23. The number of hydrogen-bond acceptors (Lipinski definition) is 6. The monoisotopic (exact) mass is 375 g/mol. The molecule has 1 heterocycles. The Balaban J connectivity index is 1.97. The predicted octanol–water partition coefficient (Wildman–Crippen LogP) is 2.30. The van der Waals surface area contributed by atoms with Gasteiger partial charge in [-0.05, 0) is 18.2 Å². The highest BCUT2D eigenvalue weighted by Gasteiger charge is 2.13. The fourth-order valence-corrected chi connectivity index (χ4v) is 2.95. The molecule has 9 heteroatoms. The topological polar surface area (TPSA) is 98.1 Å². The van der Waals surface area contributed by atoms with Crippen molar-refractivity contribution in [3.05, 3.63) is 42.7 Å². The van der Waals surface area contributed by atoms with Gasteiger partial charge in [0.15, 0.2) is 11.0 Å². The molecule has 0 fully saturated rings. The number of methoxy groups -OCH3 is 1. The summed E-state index contributed by atoms with van der Waals surface area (Å²) in [4.78, 5) is 23.3. The van der Waals surface area contributed by atoms with Crippen molar-refractivity contribution in [1.82, 2.24) is 14.8 Å². The highest BCUT2D eigenvalue weighted by Crippen LogP contribution is 2.19. The van der Waals surface area contributed by atoms with Crippen molar-refractivity contribution in [2.45, 2.75) is 25.2 Å². The van der Waals surface area contributed by atoms with Crippen molar-refractivity contribution < 1.29 is 14.3 Å². The van der Waals surface area contributed by atoms with Gasteiger partial charge in [0.2, 0.25) is 11.8 Å². The molecule has 0 spiro atoms. The third-order valence-electron chi connectivity index (χ3n) is 3.18. The van der Waals surface area contributed by atoms with Crippen LogP contribution < -0.4 is 10.6 Å². The first kappa shape index (κ1) is 19.7. The predicted molar refractivity (Wildman–Crippen MR) is 101 cm³/mol. The van der Waals surface area contributed by atoms with Crippen LogP contribution in [0.15, 0.2) is 42.1 Å². The molecule has 8 nitrogen and oxygen atoms in total. The lowest BCUT2D eigenvalue weighted by molar-refractivity contribution is -0.114. The number of hydrogen-bond donors (Lipinski definition) is 2. The number of carbonyl (C=O) groups excluding carboxylic acids is 2. The first-order valence-electron chi connectivity index (χ1n) is 7.85. The zero-order chi connectivity index (χ0) is 18.9. The van der Waals surface area contributed by atoms with Crippen LogP contribution in [0.25, 0.3) is 0 Å². The first-order chi connectivity index (χ1) is 12.5. The maximum atomic E-state index is 12.2. The van der Waals surface area contributed by atoms with Crippen LogP contribution in [0.3, 0.4) is 0 Å². The molecule has 138 valence electrons. The molecule has 0 aliphatic heterocycles. The van der Waals surface area contributed by atoms with Gasteiger partial charge in [-0.2, -0.15) is 0 Å². The first-order valence-corrected chi connectivity index (χ1v) is 8.84. The molecule has 0 aliphatic rings. The van der Waals surface area contributed by atoms with E-state index in [0.29, 0.717) is 35.5 Å². The van der Waals surface area contributed by atoms with Gasteiger partial charge in [-0.1, -0.05) is 23.9 Å². The van der Waals surface area contributed by atoms with Crippen molar-refractivity contribution in [3.8, 4) is 0 Å². The van der Waals surface area contributed by atoms with Crippen LogP contribution in [-0.2, 0) is 27.5 Å². The molecule has 0 atom stereocenters. The maximum absolute atomic E-state index is 12.2. The summed E-state index contributed by atoms with van der Waals surface area (Å²) in [6.07, 6.45) is 1.74. The fourth-order valence-electron chi connectivity index (χ4n) is 2.18. The zero-order valence-electron chi connectivity index (χ0n) is 14.7. The van der Waals surface area contributed by atoms with Crippen molar-refractivity contribution in [2.24, 2.45) is 0 Å². The Morgan fingerprint density at radius 3 is 2.69 bits per heavy atom. The average molecular weight is 375 g/mol. The third kappa shape index (κ3) is 5.71. The van der Waals surface area contributed by atoms with Gasteiger partial charge in [0.05, 0.1) is 5.75 Å². The van der Waals surface area contributed by atoms with Crippen molar-refractivity contribution in [2.75, 3.05) is 23.5 Å². The second kappa shape index (κ2) is 9.73. The molecule has 26 heavy (non-hydrogen) atoms. The SMILES string of the molecule is C=CCn1c(COC)nnc1SCC(=O)Nc1cccc(NC(C)=O)c1. The summed E-state index contributed by atoms with van der Waals surface area (Å²) in [6.45, 7) is 6.02.